The van der Waals surface area contributed by atoms with E-state index < -0.39 is 0 Å². The van der Waals surface area contributed by atoms with Gasteiger partial charge >= 0.3 is 0 Å². The lowest BCUT2D eigenvalue weighted by Crippen LogP contribution is -2.36. The molecule has 2 aromatic heterocycles. The van der Waals surface area contributed by atoms with Crippen LogP contribution in [-0.2, 0) is 13.1 Å². The first kappa shape index (κ1) is 20.0. The van der Waals surface area contributed by atoms with Crippen molar-refractivity contribution in [2.24, 2.45) is 0 Å². The Labute approximate surface area is 182 Å². The summed E-state index contributed by atoms with van der Waals surface area (Å²) in [4.78, 5) is 22.4. The minimum atomic E-state index is -0.0137. The zero-order valence-corrected chi connectivity index (χ0v) is 18.7. The van der Waals surface area contributed by atoms with Crippen molar-refractivity contribution < 1.29 is 9.53 Å². The van der Waals surface area contributed by atoms with Gasteiger partial charge in [0.05, 0.1) is 24.3 Å². The molecule has 1 saturated heterocycles. The van der Waals surface area contributed by atoms with Gasteiger partial charge in [0.25, 0.3) is 5.91 Å². The van der Waals surface area contributed by atoms with Crippen molar-refractivity contribution in [3.63, 3.8) is 0 Å². The molecule has 7 heteroatoms. The molecule has 0 aliphatic carbocycles. The highest BCUT2D eigenvalue weighted by Gasteiger charge is 2.31. The van der Waals surface area contributed by atoms with Crippen molar-refractivity contribution in [2.45, 2.75) is 52.8 Å². The average molecular weight is 420 g/mol. The SMILES string of the molecule is Cc1nc2c3c(nn2c(C)c1C)CN(C(=O)c1ccccc1OC1CCN(C)CC1)C3. The van der Waals surface area contributed by atoms with Crippen LogP contribution in [0.2, 0.25) is 0 Å². The fourth-order valence-corrected chi connectivity index (χ4v) is 4.56. The van der Waals surface area contributed by atoms with Crippen LogP contribution in [0.15, 0.2) is 24.3 Å². The summed E-state index contributed by atoms with van der Waals surface area (Å²) in [6, 6.07) is 7.61. The van der Waals surface area contributed by atoms with Gasteiger partial charge in [-0.1, -0.05) is 12.1 Å². The monoisotopic (exact) mass is 419 g/mol. The van der Waals surface area contributed by atoms with E-state index in [1.54, 1.807) is 0 Å². The minimum Gasteiger partial charge on any atom is -0.489 e. The van der Waals surface area contributed by atoms with Crippen LogP contribution in [0.4, 0.5) is 0 Å². The summed E-state index contributed by atoms with van der Waals surface area (Å²) in [5, 5.41) is 4.77. The molecule has 5 rings (SSSR count). The van der Waals surface area contributed by atoms with E-state index in [-0.39, 0.29) is 12.0 Å². The van der Waals surface area contributed by atoms with Gasteiger partial charge in [0.2, 0.25) is 0 Å². The van der Waals surface area contributed by atoms with Crippen LogP contribution < -0.4 is 4.74 Å². The fraction of sp³-hybridized carbons (Fsp3) is 0.458. The molecule has 31 heavy (non-hydrogen) atoms. The number of hydrogen-bond acceptors (Lipinski definition) is 5. The summed E-state index contributed by atoms with van der Waals surface area (Å²) in [6.45, 7) is 9.23. The summed E-state index contributed by atoms with van der Waals surface area (Å²) in [7, 11) is 2.13. The molecule has 0 bridgehead atoms. The van der Waals surface area contributed by atoms with Gasteiger partial charge in [-0.15, -0.1) is 0 Å². The smallest absolute Gasteiger partial charge is 0.258 e. The maximum absolute atomic E-state index is 13.4. The molecule has 0 radical (unpaired) electrons. The quantitative estimate of drug-likeness (QED) is 0.652. The Balaban J connectivity index is 1.39. The third-order valence-corrected chi connectivity index (χ3v) is 6.77. The van der Waals surface area contributed by atoms with Crippen molar-refractivity contribution in [1.82, 2.24) is 24.4 Å². The van der Waals surface area contributed by atoms with E-state index in [0.717, 1.165) is 59.8 Å². The van der Waals surface area contributed by atoms with Gasteiger partial charge < -0.3 is 14.5 Å². The number of aromatic nitrogens is 3. The lowest BCUT2D eigenvalue weighted by molar-refractivity contribution is 0.0733. The van der Waals surface area contributed by atoms with E-state index in [2.05, 4.69) is 25.8 Å². The van der Waals surface area contributed by atoms with Gasteiger partial charge in [-0.2, -0.15) is 5.10 Å². The molecule has 2 aliphatic rings. The van der Waals surface area contributed by atoms with Crippen LogP contribution in [0.1, 0.15) is 51.4 Å². The number of rotatable bonds is 3. The van der Waals surface area contributed by atoms with Gasteiger partial charge in [0, 0.05) is 30.0 Å². The van der Waals surface area contributed by atoms with Crippen molar-refractivity contribution in [3.05, 3.63) is 58.0 Å². The molecule has 4 heterocycles. The number of ether oxygens (including phenoxy) is 1. The predicted octanol–water partition coefficient (Wildman–Crippen LogP) is 3.28. The zero-order valence-electron chi connectivity index (χ0n) is 18.7. The highest BCUT2D eigenvalue weighted by Crippen LogP contribution is 2.31. The van der Waals surface area contributed by atoms with Crippen LogP contribution in [-0.4, -0.2) is 56.5 Å². The second-order valence-electron chi connectivity index (χ2n) is 8.85. The molecule has 0 spiro atoms. The third-order valence-electron chi connectivity index (χ3n) is 6.77. The maximum atomic E-state index is 13.4. The van der Waals surface area contributed by atoms with Crippen LogP contribution >= 0.6 is 0 Å². The number of carbonyl (C=O) groups excluding carboxylic acids is 1. The zero-order chi connectivity index (χ0) is 21.7. The largest absolute Gasteiger partial charge is 0.489 e. The second-order valence-corrected chi connectivity index (χ2v) is 8.85. The van der Waals surface area contributed by atoms with Gasteiger partial charge in [-0.05, 0) is 58.4 Å². The van der Waals surface area contributed by atoms with Crippen LogP contribution in [0, 0.1) is 20.8 Å². The number of para-hydroxylation sites is 1. The number of piperidine rings is 1. The number of carbonyl (C=O) groups is 1. The van der Waals surface area contributed by atoms with Crippen LogP contribution in [0.5, 0.6) is 5.75 Å². The van der Waals surface area contributed by atoms with Gasteiger partial charge in [-0.3, -0.25) is 4.79 Å². The number of hydrogen-bond donors (Lipinski definition) is 0. The van der Waals surface area contributed by atoms with Crippen molar-refractivity contribution in [2.75, 3.05) is 20.1 Å². The van der Waals surface area contributed by atoms with Crippen molar-refractivity contribution in [1.29, 1.82) is 0 Å². The number of aryl methyl sites for hydroxylation is 2. The highest BCUT2D eigenvalue weighted by atomic mass is 16.5. The van der Waals surface area contributed by atoms with Crippen LogP contribution in [0.25, 0.3) is 5.65 Å². The Morgan fingerprint density at radius 1 is 1.10 bits per heavy atom. The molecule has 0 unspecified atom stereocenters. The molecule has 162 valence electrons. The molecule has 0 N–H and O–H groups in total. The molecule has 0 saturated carbocycles. The predicted molar refractivity (Wildman–Crippen MR) is 118 cm³/mol. The standard InChI is InChI=1S/C24H29N5O2/c1-15-16(2)25-23-20-13-28(14-21(20)26-29(23)17(15)3)24(30)19-7-5-6-8-22(19)31-18-9-11-27(4)12-10-18/h5-8,18H,9-14H2,1-4H3. The minimum absolute atomic E-state index is 0.0137. The number of nitrogens with zero attached hydrogens (tertiary/aromatic N) is 5. The number of fused-ring (bicyclic) bond motifs is 3. The molecule has 1 fully saturated rings. The number of amides is 1. The summed E-state index contributed by atoms with van der Waals surface area (Å²) in [6.07, 6.45) is 2.12. The number of benzene rings is 1. The van der Waals surface area contributed by atoms with E-state index in [9.17, 15) is 4.79 Å². The van der Waals surface area contributed by atoms with E-state index in [4.69, 9.17) is 14.8 Å². The molecular formula is C24H29N5O2. The molecule has 1 aromatic carbocycles. The Morgan fingerprint density at radius 2 is 1.84 bits per heavy atom. The first-order valence-corrected chi connectivity index (χ1v) is 11.0. The second kappa shape index (κ2) is 7.64. The summed E-state index contributed by atoms with van der Waals surface area (Å²) < 4.78 is 8.21. The lowest BCUT2D eigenvalue weighted by Gasteiger charge is -2.30. The molecule has 0 atom stereocenters. The Morgan fingerprint density at radius 3 is 2.61 bits per heavy atom. The normalized spacial score (nSPS) is 17.4. The lowest BCUT2D eigenvalue weighted by atomic mass is 10.1. The van der Waals surface area contributed by atoms with E-state index >= 15 is 0 Å². The molecule has 2 aliphatic heterocycles. The van der Waals surface area contributed by atoms with Gasteiger partial charge in [0.1, 0.15) is 11.9 Å². The first-order chi connectivity index (χ1) is 14.9. The first-order valence-electron chi connectivity index (χ1n) is 11.0. The average Bonchev–Trinajstić information content (AvgIpc) is 3.33. The van der Waals surface area contributed by atoms with Gasteiger partial charge in [-0.25, -0.2) is 9.50 Å². The van der Waals surface area contributed by atoms with Crippen LogP contribution in [0.3, 0.4) is 0 Å². The summed E-state index contributed by atoms with van der Waals surface area (Å²) >= 11 is 0. The topological polar surface area (TPSA) is 63.0 Å². The summed E-state index contributed by atoms with van der Waals surface area (Å²) in [5.41, 5.74) is 6.74. The maximum Gasteiger partial charge on any atom is 0.258 e. The number of likely N-dealkylation sites (tertiary alicyclic amines) is 1. The highest BCUT2D eigenvalue weighted by molar-refractivity contribution is 5.97. The van der Waals surface area contributed by atoms with E-state index in [0.29, 0.717) is 24.4 Å². The molecule has 1 amide bonds. The third kappa shape index (κ3) is 3.47. The molecular weight excluding hydrogens is 390 g/mol. The molecule has 7 nitrogen and oxygen atoms in total. The van der Waals surface area contributed by atoms with E-state index in [1.165, 1.54) is 0 Å². The van der Waals surface area contributed by atoms with E-state index in [1.807, 2.05) is 40.6 Å². The Hall–Kier alpha value is -2.93. The Bertz CT molecular complexity index is 1160. The van der Waals surface area contributed by atoms with Crippen molar-refractivity contribution >= 4 is 11.6 Å². The summed E-state index contributed by atoms with van der Waals surface area (Å²) in [5.74, 6) is 0.668. The molecule has 3 aromatic rings. The Kier molecular flexibility index (Phi) is 4.93. The van der Waals surface area contributed by atoms with Crippen molar-refractivity contribution in [3.8, 4) is 5.75 Å². The fourth-order valence-electron chi connectivity index (χ4n) is 4.56. The van der Waals surface area contributed by atoms with Gasteiger partial charge in [0.15, 0.2) is 5.65 Å².